The first-order chi connectivity index (χ1) is 36.2. The average Bonchev–Trinajstić information content (AvgIpc) is 3.45. The second-order valence-electron chi connectivity index (χ2n) is 29.0. The molecule has 0 N–H and O–H groups in total. The Hall–Kier alpha value is -5.07. The summed E-state index contributed by atoms with van der Waals surface area (Å²) in [5.41, 5.74) is 3.07. The Morgan fingerprint density at radius 3 is 0.772 bits per heavy atom. The molecule has 0 aromatic heterocycles. The highest BCUT2D eigenvalue weighted by atomic mass is 32.2. The summed E-state index contributed by atoms with van der Waals surface area (Å²) in [4.78, 5) is -0.115. The minimum absolute atomic E-state index is 0.0576. The van der Waals surface area contributed by atoms with E-state index in [1.54, 1.807) is 24.3 Å². The van der Waals surface area contributed by atoms with Gasteiger partial charge >= 0.3 is 17.2 Å². The smallest absolute Gasteiger partial charge is 0.408 e. The molecule has 6 aromatic carbocycles. The van der Waals surface area contributed by atoms with Crippen LogP contribution in [-0.2, 0) is 42.3 Å². The van der Waals surface area contributed by atoms with Gasteiger partial charge in [0.25, 0.3) is 0 Å². The highest BCUT2D eigenvalue weighted by Gasteiger charge is 2.38. The predicted molar refractivity (Wildman–Crippen MR) is 331 cm³/mol. The largest absolute Gasteiger partial charge is 0.530 e. The normalized spacial score (nSPS) is 13.4. The number of para-hydroxylation sites is 4. The number of benzene rings is 6. The summed E-state index contributed by atoms with van der Waals surface area (Å²) < 4.78 is 75.1. The van der Waals surface area contributed by atoms with Crippen LogP contribution in [0.3, 0.4) is 0 Å². The van der Waals surface area contributed by atoms with Gasteiger partial charge in [0.1, 0.15) is 44.3 Å². The third kappa shape index (κ3) is 16.5. The topological polar surface area (TPSA) is 89.5 Å². The highest BCUT2D eigenvalue weighted by Crippen LogP contribution is 2.53. The van der Waals surface area contributed by atoms with Crippen molar-refractivity contribution in [2.24, 2.45) is 10.8 Å². The summed E-state index contributed by atoms with van der Waals surface area (Å²) in [5, 5.41) is 0. The van der Waals surface area contributed by atoms with E-state index in [-0.39, 0.29) is 53.8 Å². The van der Waals surface area contributed by atoms with Crippen LogP contribution in [0.5, 0.6) is 34.5 Å². The zero-order valence-electron chi connectivity index (χ0n) is 51.7. The quantitative estimate of drug-likeness (QED) is 0.0787. The lowest BCUT2D eigenvalue weighted by Crippen LogP contribution is -2.25. The van der Waals surface area contributed by atoms with Crippen molar-refractivity contribution in [2.75, 3.05) is 0 Å². The molecule has 11 heteroatoms. The van der Waals surface area contributed by atoms with Gasteiger partial charge in [-0.3, -0.25) is 0 Å². The highest BCUT2D eigenvalue weighted by molar-refractivity contribution is 7.91. The van der Waals surface area contributed by atoms with Gasteiger partial charge in [0.15, 0.2) is 0 Å². The number of hydrogen-bond acceptors (Lipinski definition) is 8. The van der Waals surface area contributed by atoms with Crippen molar-refractivity contribution in [3.05, 3.63) is 167 Å². The summed E-state index contributed by atoms with van der Waals surface area (Å²) in [5.74, 6) is 2.42. The SMILES string of the molecule is CC(C)(C)CC(C)(C)c1ccc(OP(Oc2ccccc2C(C)(C)C)Oc2ccccc2C(C)(C)C)c(S(=O)(=O)c2cc(C(C)(C)CC(C)(C)C)ccc2OP(Oc2ccccc2C(C)(C)C)Oc2ccccc2C(C)(C)C)c1. The first-order valence-corrected chi connectivity index (χ1v) is 31.4. The van der Waals surface area contributed by atoms with E-state index in [2.05, 4.69) is 152 Å². The molecule has 0 aliphatic carbocycles. The minimum Gasteiger partial charge on any atom is -0.408 e. The Kier molecular flexibility index (Phi) is 18.7. The molecule has 6 rings (SSSR count). The molecule has 79 heavy (non-hydrogen) atoms. The predicted octanol–water partition coefficient (Wildman–Crippen LogP) is 20.7. The van der Waals surface area contributed by atoms with Crippen LogP contribution < -0.4 is 27.1 Å². The molecule has 0 spiro atoms. The van der Waals surface area contributed by atoms with Gasteiger partial charge in [-0.25, -0.2) is 8.42 Å². The second-order valence-corrected chi connectivity index (χ2v) is 32.9. The van der Waals surface area contributed by atoms with Crippen molar-refractivity contribution < 1.29 is 35.6 Å². The van der Waals surface area contributed by atoms with Crippen LogP contribution in [0.1, 0.15) is 199 Å². The molecule has 0 unspecified atom stereocenters. The molecule has 0 saturated heterocycles. The Bertz CT molecular complexity index is 2850. The molecule has 0 bridgehead atoms. The van der Waals surface area contributed by atoms with Crippen LogP contribution >= 0.6 is 17.2 Å². The lowest BCUT2D eigenvalue weighted by molar-refractivity contribution is 0.283. The molecule has 8 nitrogen and oxygen atoms in total. The number of rotatable bonds is 18. The van der Waals surface area contributed by atoms with Gasteiger partial charge in [0.2, 0.25) is 9.84 Å². The molecule has 0 saturated carbocycles. The van der Waals surface area contributed by atoms with Crippen LogP contribution in [-0.4, -0.2) is 8.42 Å². The van der Waals surface area contributed by atoms with E-state index in [1.807, 2.05) is 109 Å². The molecule has 428 valence electrons. The molecule has 0 radical (unpaired) electrons. The van der Waals surface area contributed by atoms with Crippen molar-refractivity contribution in [3.8, 4) is 34.5 Å². The lowest BCUT2D eigenvalue weighted by Gasteiger charge is -2.34. The summed E-state index contributed by atoms with van der Waals surface area (Å²) in [6.07, 6.45) is 1.53. The van der Waals surface area contributed by atoms with Gasteiger partial charge in [-0.05, 0) is 116 Å². The summed E-state index contributed by atoms with van der Waals surface area (Å²) in [6.45, 7) is 47.4. The maximum Gasteiger partial charge on any atom is 0.530 e. The fourth-order valence-electron chi connectivity index (χ4n) is 10.7. The first-order valence-electron chi connectivity index (χ1n) is 27.8. The van der Waals surface area contributed by atoms with E-state index in [0.29, 0.717) is 23.0 Å². The molecule has 0 amide bonds. The van der Waals surface area contributed by atoms with Crippen molar-refractivity contribution in [1.29, 1.82) is 0 Å². The average molecular weight is 1130 g/mol. The van der Waals surface area contributed by atoms with Crippen LogP contribution in [0.15, 0.2) is 143 Å². The van der Waals surface area contributed by atoms with Crippen molar-refractivity contribution in [1.82, 2.24) is 0 Å². The van der Waals surface area contributed by atoms with Gasteiger partial charge < -0.3 is 27.1 Å². The van der Waals surface area contributed by atoms with E-state index in [9.17, 15) is 0 Å². The van der Waals surface area contributed by atoms with Crippen molar-refractivity contribution in [2.45, 2.75) is 207 Å². The van der Waals surface area contributed by atoms with E-state index >= 15 is 8.42 Å². The zero-order valence-corrected chi connectivity index (χ0v) is 54.3. The maximum atomic E-state index is 16.6. The fraction of sp³-hybridized carbons (Fsp3) is 0.471. The molecule has 0 fully saturated rings. The summed E-state index contributed by atoms with van der Waals surface area (Å²) >= 11 is 0. The first kappa shape index (κ1) is 63.1. The van der Waals surface area contributed by atoms with E-state index < -0.39 is 37.9 Å². The molecule has 0 aliphatic heterocycles. The van der Waals surface area contributed by atoms with Crippen LogP contribution in [0.4, 0.5) is 0 Å². The molecule has 6 aromatic rings. The minimum atomic E-state index is -4.61. The van der Waals surface area contributed by atoms with Gasteiger partial charge in [-0.15, -0.1) is 0 Å². The molecular weight excluding hydrogens is 1040 g/mol. The third-order valence-electron chi connectivity index (χ3n) is 13.8. The van der Waals surface area contributed by atoms with Crippen molar-refractivity contribution in [3.63, 3.8) is 0 Å². The zero-order chi connectivity index (χ0) is 59.0. The van der Waals surface area contributed by atoms with Gasteiger partial charge in [0, 0.05) is 22.3 Å². The standard InChI is InChI=1S/C68H92O8P2S/c1-61(2,3)45-67(19,20)47-39-41-57(75-77(71-53-35-27-23-31-49(53)63(7,8)9)72-54-36-28-24-32-50(54)64(10,11)12)59(43-47)79(69,70)60-44-48(68(21,22)46-62(4,5)6)40-42-58(60)76-78(73-55-37-29-25-33-51(55)65(13,14)15)74-56-38-30-26-34-52(56)66(16,17)18/h23-44H,45-46H2,1-22H3. The third-order valence-corrected chi connectivity index (χ3v) is 17.7. The number of sulfone groups is 1. The Labute approximate surface area is 479 Å². The molecule has 0 aliphatic rings. The number of hydrogen-bond donors (Lipinski definition) is 0. The van der Waals surface area contributed by atoms with Gasteiger partial charge in [-0.1, -0.05) is 237 Å². The van der Waals surface area contributed by atoms with E-state index in [0.717, 1.165) is 46.2 Å². The van der Waals surface area contributed by atoms with E-state index in [4.69, 9.17) is 27.1 Å². The van der Waals surface area contributed by atoms with Crippen LogP contribution in [0, 0.1) is 10.8 Å². The van der Waals surface area contributed by atoms with Crippen LogP contribution in [0.2, 0.25) is 0 Å². The molecule has 0 atom stereocenters. The monoisotopic (exact) mass is 1130 g/mol. The molecular formula is C68H92O8P2S. The fourth-order valence-corrected chi connectivity index (χ4v) is 14.5. The Morgan fingerprint density at radius 2 is 0.544 bits per heavy atom. The van der Waals surface area contributed by atoms with Gasteiger partial charge in [-0.2, -0.15) is 0 Å². The van der Waals surface area contributed by atoms with Crippen molar-refractivity contribution >= 4 is 27.0 Å². The van der Waals surface area contributed by atoms with Gasteiger partial charge in [0.05, 0.1) is 0 Å². The Balaban J connectivity index is 1.65. The summed E-state index contributed by atoms with van der Waals surface area (Å²) in [6, 6.07) is 42.4. The Morgan fingerprint density at radius 1 is 0.316 bits per heavy atom. The summed E-state index contributed by atoms with van der Waals surface area (Å²) in [7, 11) is -9.38. The second kappa shape index (κ2) is 23.4. The lowest BCUT2D eigenvalue weighted by atomic mass is 9.72. The van der Waals surface area contributed by atoms with E-state index in [1.165, 1.54) is 0 Å². The maximum absolute atomic E-state index is 16.6. The molecule has 0 heterocycles. The van der Waals surface area contributed by atoms with Crippen LogP contribution in [0.25, 0.3) is 0 Å².